The molecule has 2 aliphatic rings. The molecule has 0 aromatic heterocycles. The number of likely N-dealkylation sites (tertiary alicyclic amines) is 1. The first-order valence-corrected chi connectivity index (χ1v) is 9.83. The SMILES string of the molecule is CC(C)CCN1CCC(CNC(=O)CCC2CCNCC2)CC1. The summed E-state index contributed by atoms with van der Waals surface area (Å²) >= 11 is 0. The van der Waals surface area contributed by atoms with E-state index in [4.69, 9.17) is 0 Å². The van der Waals surface area contributed by atoms with E-state index in [-0.39, 0.29) is 5.91 Å². The lowest BCUT2D eigenvalue weighted by molar-refractivity contribution is -0.121. The highest BCUT2D eigenvalue weighted by Crippen LogP contribution is 2.19. The molecule has 2 saturated heterocycles. The van der Waals surface area contributed by atoms with E-state index < -0.39 is 0 Å². The highest BCUT2D eigenvalue weighted by molar-refractivity contribution is 5.75. The van der Waals surface area contributed by atoms with Crippen molar-refractivity contribution in [1.82, 2.24) is 15.5 Å². The first-order valence-electron chi connectivity index (χ1n) is 9.83. The highest BCUT2D eigenvalue weighted by atomic mass is 16.1. The minimum absolute atomic E-state index is 0.269. The Morgan fingerprint density at radius 1 is 1.13 bits per heavy atom. The standard InChI is InChI=1S/C19H37N3O/c1-16(2)7-12-22-13-8-18(9-14-22)15-21-19(23)4-3-17-5-10-20-11-6-17/h16-18,20H,3-15H2,1-2H3,(H,21,23). The average molecular weight is 324 g/mol. The monoisotopic (exact) mass is 323 g/mol. The number of carbonyl (C=O) groups excluding carboxylic acids is 1. The van der Waals surface area contributed by atoms with Gasteiger partial charge in [0, 0.05) is 13.0 Å². The highest BCUT2D eigenvalue weighted by Gasteiger charge is 2.20. The van der Waals surface area contributed by atoms with Gasteiger partial charge >= 0.3 is 0 Å². The summed E-state index contributed by atoms with van der Waals surface area (Å²) in [7, 11) is 0. The fourth-order valence-corrected chi connectivity index (χ4v) is 3.71. The zero-order chi connectivity index (χ0) is 16.5. The third-order valence-corrected chi connectivity index (χ3v) is 5.56. The molecule has 0 radical (unpaired) electrons. The van der Waals surface area contributed by atoms with Crippen LogP contribution in [-0.4, -0.2) is 50.1 Å². The smallest absolute Gasteiger partial charge is 0.220 e. The summed E-state index contributed by atoms with van der Waals surface area (Å²) in [6.45, 7) is 11.4. The van der Waals surface area contributed by atoms with E-state index in [1.807, 2.05) is 0 Å². The summed E-state index contributed by atoms with van der Waals surface area (Å²) < 4.78 is 0. The molecule has 2 aliphatic heterocycles. The maximum Gasteiger partial charge on any atom is 0.220 e. The molecule has 0 saturated carbocycles. The molecule has 0 unspecified atom stereocenters. The van der Waals surface area contributed by atoms with Gasteiger partial charge < -0.3 is 15.5 Å². The van der Waals surface area contributed by atoms with Crippen LogP contribution >= 0.6 is 0 Å². The number of amides is 1. The van der Waals surface area contributed by atoms with Gasteiger partial charge in [-0.15, -0.1) is 0 Å². The van der Waals surface area contributed by atoms with Gasteiger partial charge in [-0.25, -0.2) is 0 Å². The second-order valence-corrected chi connectivity index (χ2v) is 8.00. The molecular formula is C19H37N3O. The first kappa shape index (κ1) is 18.7. The van der Waals surface area contributed by atoms with E-state index in [2.05, 4.69) is 29.4 Å². The largest absolute Gasteiger partial charge is 0.356 e. The predicted octanol–water partition coefficient (Wildman–Crippen LogP) is 2.64. The third kappa shape index (κ3) is 7.67. The van der Waals surface area contributed by atoms with Crippen molar-refractivity contribution in [1.29, 1.82) is 0 Å². The summed E-state index contributed by atoms with van der Waals surface area (Å²) in [6, 6.07) is 0. The van der Waals surface area contributed by atoms with Gasteiger partial charge in [0.25, 0.3) is 0 Å². The molecule has 0 spiro atoms. The molecule has 0 bridgehead atoms. The van der Waals surface area contributed by atoms with E-state index in [0.29, 0.717) is 5.92 Å². The van der Waals surface area contributed by atoms with E-state index in [1.54, 1.807) is 0 Å². The van der Waals surface area contributed by atoms with Gasteiger partial charge in [-0.1, -0.05) is 13.8 Å². The van der Waals surface area contributed by atoms with Crippen molar-refractivity contribution in [2.24, 2.45) is 17.8 Å². The second-order valence-electron chi connectivity index (χ2n) is 8.00. The molecule has 4 heteroatoms. The number of hydrogen-bond donors (Lipinski definition) is 2. The summed E-state index contributed by atoms with van der Waals surface area (Å²) in [6.07, 6.45) is 8.06. The summed E-state index contributed by atoms with van der Waals surface area (Å²) in [5.74, 6) is 2.51. The van der Waals surface area contributed by atoms with Crippen LogP contribution in [-0.2, 0) is 4.79 Å². The van der Waals surface area contributed by atoms with E-state index in [0.717, 1.165) is 44.3 Å². The molecule has 1 amide bonds. The maximum atomic E-state index is 12.0. The van der Waals surface area contributed by atoms with Gasteiger partial charge in [-0.2, -0.15) is 0 Å². The van der Waals surface area contributed by atoms with E-state index in [9.17, 15) is 4.79 Å². The van der Waals surface area contributed by atoms with Crippen molar-refractivity contribution >= 4 is 5.91 Å². The van der Waals surface area contributed by atoms with Crippen LogP contribution in [0.3, 0.4) is 0 Å². The first-order chi connectivity index (χ1) is 11.1. The molecule has 0 aliphatic carbocycles. The number of piperidine rings is 2. The molecule has 2 N–H and O–H groups in total. The fraction of sp³-hybridized carbons (Fsp3) is 0.947. The Bertz CT molecular complexity index is 332. The van der Waals surface area contributed by atoms with Crippen molar-refractivity contribution in [3.63, 3.8) is 0 Å². The Hall–Kier alpha value is -0.610. The summed E-state index contributed by atoms with van der Waals surface area (Å²) in [5.41, 5.74) is 0. The van der Waals surface area contributed by atoms with Gasteiger partial charge in [-0.3, -0.25) is 4.79 Å². The van der Waals surface area contributed by atoms with Gasteiger partial charge in [0.05, 0.1) is 0 Å². The maximum absolute atomic E-state index is 12.0. The van der Waals surface area contributed by atoms with Crippen LogP contribution in [0.25, 0.3) is 0 Å². The number of hydrogen-bond acceptors (Lipinski definition) is 3. The van der Waals surface area contributed by atoms with Crippen LogP contribution in [0.5, 0.6) is 0 Å². The van der Waals surface area contributed by atoms with Crippen molar-refractivity contribution < 1.29 is 4.79 Å². The Morgan fingerprint density at radius 3 is 2.48 bits per heavy atom. The molecule has 23 heavy (non-hydrogen) atoms. The lowest BCUT2D eigenvalue weighted by Crippen LogP contribution is -2.39. The molecule has 2 rings (SSSR count). The van der Waals surface area contributed by atoms with Crippen LogP contribution in [0, 0.1) is 17.8 Å². The molecule has 2 heterocycles. The van der Waals surface area contributed by atoms with Crippen LogP contribution in [0.4, 0.5) is 0 Å². The average Bonchev–Trinajstić information content (AvgIpc) is 2.58. The molecule has 0 aromatic carbocycles. The quantitative estimate of drug-likeness (QED) is 0.722. The normalized spacial score (nSPS) is 21.7. The fourth-order valence-electron chi connectivity index (χ4n) is 3.71. The molecule has 134 valence electrons. The second kappa shape index (κ2) is 10.3. The Balaban J connectivity index is 1.51. The predicted molar refractivity (Wildman–Crippen MR) is 96.5 cm³/mol. The molecule has 0 aromatic rings. The van der Waals surface area contributed by atoms with Crippen molar-refractivity contribution in [3.8, 4) is 0 Å². The lowest BCUT2D eigenvalue weighted by atomic mass is 9.93. The Labute approximate surface area is 142 Å². The topological polar surface area (TPSA) is 44.4 Å². The molecule has 0 atom stereocenters. The zero-order valence-corrected chi connectivity index (χ0v) is 15.3. The summed E-state index contributed by atoms with van der Waals surface area (Å²) in [4.78, 5) is 14.6. The van der Waals surface area contributed by atoms with Gasteiger partial charge in [0.15, 0.2) is 0 Å². The van der Waals surface area contributed by atoms with Crippen molar-refractivity contribution in [3.05, 3.63) is 0 Å². The van der Waals surface area contributed by atoms with Crippen LogP contribution in [0.1, 0.15) is 58.8 Å². The lowest BCUT2D eigenvalue weighted by Gasteiger charge is -2.32. The number of nitrogens with zero attached hydrogens (tertiary/aromatic N) is 1. The minimum atomic E-state index is 0.269. The van der Waals surface area contributed by atoms with Crippen molar-refractivity contribution in [2.75, 3.05) is 39.3 Å². The Morgan fingerprint density at radius 2 is 1.83 bits per heavy atom. The van der Waals surface area contributed by atoms with Gasteiger partial charge in [-0.05, 0) is 89.0 Å². The summed E-state index contributed by atoms with van der Waals surface area (Å²) in [5, 5.41) is 6.57. The number of rotatable bonds is 8. The Kier molecular flexibility index (Phi) is 8.38. The van der Waals surface area contributed by atoms with E-state index >= 15 is 0 Å². The van der Waals surface area contributed by atoms with E-state index in [1.165, 1.54) is 51.7 Å². The van der Waals surface area contributed by atoms with Crippen LogP contribution in [0.2, 0.25) is 0 Å². The van der Waals surface area contributed by atoms with Gasteiger partial charge in [0.2, 0.25) is 5.91 Å². The van der Waals surface area contributed by atoms with Gasteiger partial charge in [0.1, 0.15) is 0 Å². The number of nitrogens with one attached hydrogen (secondary N) is 2. The zero-order valence-electron chi connectivity index (χ0n) is 15.3. The molecular weight excluding hydrogens is 286 g/mol. The van der Waals surface area contributed by atoms with Crippen molar-refractivity contribution in [2.45, 2.75) is 58.8 Å². The van der Waals surface area contributed by atoms with Crippen LogP contribution in [0.15, 0.2) is 0 Å². The molecule has 2 fully saturated rings. The van der Waals surface area contributed by atoms with Crippen LogP contribution < -0.4 is 10.6 Å². The number of carbonyl (C=O) groups is 1. The molecule has 4 nitrogen and oxygen atoms in total. The third-order valence-electron chi connectivity index (χ3n) is 5.56. The minimum Gasteiger partial charge on any atom is -0.356 e.